The molecule has 1 fully saturated rings. The van der Waals surface area contributed by atoms with Gasteiger partial charge in [0.25, 0.3) is 0 Å². The quantitative estimate of drug-likeness (QED) is 0.534. The average Bonchev–Trinajstić information content (AvgIpc) is 3.01. The van der Waals surface area contributed by atoms with Gasteiger partial charge in [-0.15, -0.1) is 0 Å². The number of nitrogens with zero attached hydrogens (tertiary/aromatic N) is 2. The molecule has 3 nitrogen and oxygen atoms in total. The number of hydrogen-bond acceptors (Lipinski definition) is 2. The molecule has 0 N–H and O–H groups in total. The second kappa shape index (κ2) is 8.62. The molecule has 1 aliphatic heterocycles. The molecule has 1 saturated heterocycles. The van der Waals surface area contributed by atoms with Crippen LogP contribution in [-0.2, 0) is 6.54 Å². The maximum Gasteiger partial charge on any atom is 0.120 e. The summed E-state index contributed by atoms with van der Waals surface area (Å²) in [5, 5.41) is 1.26. The van der Waals surface area contributed by atoms with Crippen molar-refractivity contribution in [2.45, 2.75) is 39.2 Å². The molecule has 0 spiro atoms. The lowest BCUT2D eigenvalue weighted by molar-refractivity contribution is 0.205. The van der Waals surface area contributed by atoms with Crippen LogP contribution in [0.15, 0.2) is 54.6 Å². The normalized spacial score (nSPS) is 15.3. The van der Waals surface area contributed by atoms with Crippen LogP contribution >= 0.6 is 0 Å². The summed E-state index contributed by atoms with van der Waals surface area (Å²) < 4.78 is 8.42. The summed E-state index contributed by atoms with van der Waals surface area (Å²) in [5.41, 5.74) is 3.89. The molecule has 1 aliphatic rings. The minimum absolute atomic E-state index is 0.797. The molecule has 0 bridgehead atoms. The van der Waals surface area contributed by atoms with Gasteiger partial charge in [0.05, 0.1) is 6.61 Å². The highest BCUT2D eigenvalue weighted by Crippen LogP contribution is 2.25. The van der Waals surface area contributed by atoms with E-state index in [1.807, 2.05) is 0 Å². The smallest absolute Gasteiger partial charge is 0.120 e. The van der Waals surface area contributed by atoms with Gasteiger partial charge >= 0.3 is 0 Å². The molecular formula is C24H30N2O. The SMILES string of the molecule is Cc1cc2cc(OCCCN3CCCCC3)ccc2n1Cc1ccccc1. The minimum Gasteiger partial charge on any atom is -0.494 e. The van der Waals surface area contributed by atoms with Crippen LogP contribution < -0.4 is 4.74 Å². The Hall–Kier alpha value is -2.26. The van der Waals surface area contributed by atoms with Crippen LogP contribution in [0.4, 0.5) is 0 Å². The molecule has 0 aliphatic carbocycles. The number of ether oxygens (including phenoxy) is 1. The first-order valence-corrected chi connectivity index (χ1v) is 10.3. The first-order chi connectivity index (χ1) is 13.3. The van der Waals surface area contributed by atoms with Gasteiger partial charge in [-0.05, 0) is 69.1 Å². The van der Waals surface area contributed by atoms with E-state index in [0.29, 0.717) is 0 Å². The van der Waals surface area contributed by atoms with E-state index in [0.717, 1.165) is 31.9 Å². The molecule has 0 atom stereocenters. The Morgan fingerprint density at radius 1 is 0.926 bits per heavy atom. The predicted octanol–water partition coefficient (Wildman–Crippen LogP) is 5.25. The lowest BCUT2D eigenvalue weighted by Gasteiger charge is -2.26. The molecule has 2 aromatic carbocycles. The lowest BCUT2D eigenvalue weighted by Crippen LogP contribution is -2.31. The summed E-state index contributed by atoms with van der Waals surface area (Å²) in [6.07, 6.45) is 5.22. The number of hydrogen-bond donors (Lipinski definition) is 0. The molecule has 3 heteroatoms. The highest BCUT2D eigenvalue weighted by atomic mass is 16.5. The Morgan fingerprint density at radius 2 is 1.74 bits per heavy atom. The van der Waals surface area contributed by atoms with Gasteiger partial charge in [-0.25, -0.2) is 0 Å². The van der Waals surface area contributed by atoms with E-state index < -0.39 is 0 Å². The van der Waals surface area contributed by atoms with Gasteiger partial charge in [-0.2, -0.15) is 0 Å². The van der Waals surface area contributed by atoms with Gasteiger partial charge in [0.15, 0.2) is 0 Å². The third-order valence-electron chi connectivity index (χ3n) is 5.60. The van der Waals surface area contributed by atoms with E-state index in [9.17, 15) is 0 Å². The fourth-order valence-electron chi connectivity index (χ4n) is 4.11. The van der Waals surface area contributed by atoms with Crippen LogP contribution in [0.3, 0.4) is 0 Å². The van der Waals surface area contributed by atoms with Crippen molar-refractivity contribution in [2.24, 2.45) is 0 Å². The van der Waals surface area contributed by atoms with Crippen molar-refractivity contribution in [1.29, 1.82) is 0 Å². The first kappa shape index (κ1) is 18.1. The molecule has 0 amide bonds. The minimum atomic E-state index is 0.797. The van der Waals surface area contributed by atoms with E-state index in [1.165, 1.54) is 54.5 Å². The van der Waals surface area contributed by atoms with Crippen molar-refractivity contribution in [2.75, 3.05) is 26.2 Å². The van der Waals surface area contributed by atoms with Crippen molar-refractivity contribution >= 4 is 10.9 Å². The monoisotopic (exact) mass is 362 g/mol. The second-order valence-corrected chi connectivity index (χ2v) is 7.68. The van der Waals surface area contributed by atoms with Crippen molar-refractivity contribution in [3.05, 3.63) is 65.9 Å². The molecule has 4 rings (SSSR count). The van der Waals surface area contributed by atoms with E-state index >= 15 is 0 Å². The van der Waals surface area contributed by atoms with Crippen LogP contribution in [0, 0.1) is 6.92 Å². The van der Waals surface area contributed by atoms with Gasteiger partial charge in [0.2, 0.25) is 0 Å². The predicted molar refractivity (Wildman–Crippen MR) is 113 cm³/mol. The molecule has 3 aromatic rings. The zero-order valence-corrected chi connectivity index (χ0v) is 16.4. The van der Waals surface area contributed by atoms with Crippen LogP contribution in [0.25, 0.3) is 10.9 Å². The summed E-state index contributed by atoms with van der Waals surface area (Å²) >= 11 is 0. The summed E-state index contributed by atoms with van der Waals surface area (Å²) in [6, 6.07) is 19.4. The third kappa shape index (κ3) is 4.54. The molecule has 0 saturated carbocycles. The largest absolute Gasteiger partial charge is 0.494 e. The summed E-state index contributed by atoms with van der Waals surface area (Å²) in [6.45, 7) is 7.58. The number of rotatable bonds is 7. The summed E-state index contributed by atoms with van der Waals surface area (Å²) in [4.78, 5) is 2.57. The number of fused-ring (bicyclic) bond motifs is 1. The number of aryl methyl sites for hydroxylation is 1. The Morgan fingerprint density at radius 3 is 2.56 bits per heavy atom. The molecule has 142 valence electrons. The van der Waals surface area contributed by atoms with Gasteiger partial charge in [-0.3, -0.25) is 0 Å². The Kier molecular flexibility index (Phi) is 5.78. The van der Waals surface area contributed by atoms with Gasteiger partial charge in [-0.1, -0.05) is 36.8 Å². The molecular weight excluding hydrogens is 332 g/mol. The van der Waals surface area contributed by atoms with Gasteiger partial charge < -0.3 is 14.2 Å². The Bertz CT molecular complexity index is 863. The van der Waals surface area contributed by atoms with Crippen LogP contribution in [0.5, 0.6) is 5.75 Å². The van der Waals surface area contributed by atoms with Crippen molar-refractivity contribution in [1.82, 2.24) is 9.47 Å². The molecule has 0 radical (unpaired) electrons. The standard InChI is InChI=1S/C24H30N2O/c1-20-17-22-18-23(27-16-8-15-25-13-6-3-7-14-25)11-12-24(22)26(20)19-21-9-4-2-5-10-21/h2,4-5,9-12,17-18H,3,6-8,13-16,19H2,1H3. The molecule has 2 heterocycles. The topological polar surface area (TPSA) is 17.4 Å². The maximum absolute atomic E-state index is 6.04. The number of aromatic nitrogens is 1. The first-order valence-electron chi connectivity index (χ1n) is 10.3. The Balaban J connectivity index is 1.37. The van der Waals surface area contributed by atoms with Crippen molar-refractivity contribution < 1.29 is 4.74 Å². The zero-order chi connectivity index (χ0) is 18.5. The van der Waals surface area contributed by atoms with E-state index in [-0.39, 0.29) is 0 Å². The molecule has 0 unspecified atom stereocenters. The highest BCUT2D eigenvalue weighted by Gasteiger charge is 2.10. The van der Waals surface area contributed by atoms with Gasteiger partial charge in [0.1, 0.15) is 5.75 Å². The van der Waals surface area contributed by atoms with Gasteiger partial charge in [0, 0.05) is 29.7 Å². The van der Waals surface area contributed by atoms with E-state index in [2.05, 4.69) is 71.0 Å². The zero-order valence-electron chi connectivity index (χ0n) is 16.4. The average molecular weight is 363 g/mol. The van der Waals surface area contributed by atoms with E-state index in [1.54, 1.807) is 0 Å². The fourth-order valence-corrected chi connectivity index (χ4v) is 4.11. The maximum atomic E-state index is 6.04. The van der Waals surface area contributed by atoms with Crippen LogP contribution in [0.1, 0.15) is 36.9 Å². The van der Waals surface area contributed by atoms with E-state index in [4.69, 9.17) is 4.74 Å². The lowest BCUT2D eigenvalue weighted by atomic mass is 10.1. The van der Waals surface area contributed by atoms with Crippen LogP contribution in [-0.4, -0.2) is 35.7 Å². The summed E-state index contributed by atoms with van der Waals surface area (Å²) in [5.74, 6) is 0.984. The van der Waals surface area contributed by atoms with Crippen LogP contribution in [0.2, 0.25) is 0 Å². The number of likely N-dealkylation sites (tertiary alicyclic amines) is 1. The highest BCUT2D eigenvalue weighted by molar-refractivity contribution is 5.83. The fraction of sp³-hybridized carbons (Fsp3) is 0.417. The van der Waals surface area contributed by atoms with Crippen molar-refractivity contribution in [3.8, 4) is 5.75 Å². The number of benzene rings is 2. The Labute approximate surface area is 162 Å². The van der Waals surface area contributed by atoms with Crippen molar-refractivity contribution in [3.63, 3.8) is 0 Å². The molecule has 1 aromatic heterocycles. The summed E-state index contributed by atoms with van der Waals surface area (Å²) in [7, 11) is 0. The third-order valence-corrected chi connectivity index (χ3v) is 5.60. The number of piperidine rings is 1. The second-order valence-electron chi connectivity index (χ2n) is 7.68. The molecule has 27 heavy (non-hydrogen) atoms.